The van der Waals surface area contributed by atoms with E-state index in [1.165, 1.54) is 17.0 Å². The first-order valence-electron chi connectivity index (χ1n) is 6.99. The second kappa shape index (κ2) is 8.94. The van der Waals surface area contributed by atoms with E-state index in [0.29, 0.717) is 12.5 Å². The van der Waals surface area contributed by atoms with Crippen LogP contribution < -0.4 is 10.6 Å². The second-order valence-electron chi connectivity index (χ2n) is 4.86. The number of likely N-dealkylation sites (N-methyl/N-ethyl adjacent to an activating group) is 1. The summed E-state index contributed by atoms with van der Waals surface area (Å²) < 4.78 is 13.1. The van der Waals surface area contributed by atoms with Crippen LogP contribution in [0.3, 0.4) is 0 Å². The summed E-state index contributed by atoms with van der Waals surface area (Å²) >= 11 is 0. The lowest BCUT2D eigenvalue weighted by atomic mass is 10.2. The van der Waals surface area contributed by atoms with E-state index in [9.17, 15) is 9.18 Å². The van der Waals surface area contributed by atoms with Gasteiger partial charge < -0.3 is 15.5 Å². The maximum Gasteiger partial charge on any atom is 0.241 e. The molecule has 0 spiro atoms. The lowest BCUT2D eigenvalue weighted by Gasteiger charge is -2.14. The minimum atomic E-state index is -0.276. The van der Waals surface area contributed by atoms with E-state index in [1.54, 1.807) is 20.2 Å². The molecule has 5 nitrogen and oxygen atoms in total. The van der Waals surface area contributed by atoms with Crippen LogP contribution in [0.4, 0.5) is 4.39 Å². The van der Waals surface area contributed by atoms with Crippen molar-refractivity contribution in [2.75, 3.05) is 27.2 Å². The topological polar surface area (TPSA) is 56.7 Å². The van der Waals surface area contributed by atoms with Crippen LogP contribution in [-0.2, 0) is 11.3 Å². The molecule has 0 aliphatic heterocycles. The number of benzene rings is 1. The molecule has 0 aliphatic carbocycles. The van der Waals surface area contributed by atoms with Gasteiger partial charge in [-0.3, -0.25) is 4.79 Å². The largest absolute Gasteiger partial charge is 0.356 e. The molecule has 2 N–H and O–H groups in total. The van der Waals surface area contributed by atoms with Gasteiger partial charge >= 0.3 is 0 Å². The zero-order valence-corrected chi connectivity index (χ0v) is 12.8. The number of hydrogen-bond donors (Lipinski definition) is 2. The number of guanidine groups is 1. The summed E-state index contributed by atoms with van der Waals surface area (Å²) in [7, 11) is 3.40. The number of aliphatic imine (C=N–C) groups is 1. The smallest absolute Gasteiger partial charge is 0.241 e. The maximum absolute atomic E-state index is 13.1. The predicted octanol–water partition coefficient (Wildman–Crippen LogP) is 1.36. The van der Waals surface area contributed by atoms with Gasteiger partial charge in [0.05, 0.1) is 13.1 Å². The summed E-state index contributed by atoms with van der Waals surface area (Å²) in [5, 5.41) is 6.10. The molecule has 0 fully saturated rings. The average molecular weight is 294 g/mol. The summed E-state index contributed by atoms with van der Waals surface area (Å²) in [6.45, 7) is 3.33. The van der Waals surface area contributed by atoms with Crippen molar-refractivity contribution < 1.29 is 9.18 Å². The lowest BCUT2D eigenvalue weighted by Crippen LogP contribution is -2.43. The minimum Gasteiger partial charge on any atom is -0.356 e. The fraction of sp³-hybridized carbons (Fsp3) is 0.467. The molecule has 0 atom stereocenters. The Labute approximate surface area is 125 Å². The third kappa shape index (κ3) is 6.74. The number of nitrogens with one attached hydrogen (secondary N) is 2. The van der Waals surface area contributed by atoms with Gasteiger partial charge in [-0.05, 0) is 24.1 Å². The van der Waals surface area contributed by atoms with Gasteiger partial charge in [-0.1, -0.05) is 19.1 Å². The SMILES string of the molecule is CCCNC(=NCc1cccc(F)c1)NCC(=O)N(C)C. The molecule has 0 heterocycles. The van der Waals surface area contributed by atoms with E-state index in [4.69, 9.17) is 0 Å². The number of amides is 1. The summed E-state index contributed by atoms with van der Waals surface area (Å²) in [5.74, 6) is 0.240. The summed E-state index contributed by atoms with van der Waals surface area (Å²) in [6.07, 6.45) is 0.947. The number of halogens is 1. The Morgan fingerprint density at radius 3 is 2.71 bits per heavy atom. The standard InChI is InChI=1S/C15H23FN4O/c1-4-8-17-15(19-11-14(21)20(2)3)18-10-12-6-5-7-13(16)9-12/h5-7,9H,4,8,10-11H2,1-3H3,(H2,17,18,19). The van der Waals surface area contributed by atoms with Gasteiger partial charge in [0.1, 0.15) is 5.82 Å². The van der Waals surface area contributed by atoms with E-state index >= 15 is 0 Å². The Balaban J connectivity index is 2.63. The van der Waals surface area contributed by atoms with Crippen LogP contribution >= 0.6 is 0 Å². The molecule has 0 aliphatic rings. The third-order valence-corrected chi connectivity index (χ3v) is 2.76. The molecular formula is C15H23FN4O. The maximum atomic E-state index is 13.1. The first-order valence-corrected chi connectivity index (χ1v) is 6.99. The van der Waals surface area contributed by atoms with Crippen LogP contribution in [-0.4, -0.2) is 44.0 Å². The fourth-order valence-corrected chi connectivity index (χ4v) is 1.54. The number of carbonyl (C=O) groups excluding carboxylic acids is 1. The highest BCUT2D eigenvalue weighted by atomic mass is 19.1. The van der Waals surface area contributed by atoms with Crippen LogP contribution in [0, 0.1) is 5.82 Å². The van der Waals surface area contributed by atoms with Crippen LogP contribution in [0.2, 0.25) is 0 Å². The Kier molecular flexibility index (Phi) is 7.21. The van der Waals surface area contributed by atoms with Crippen molar-refractivity contribution in [2.24, 2.45) is 4.99 Å². The van der Waals surface area contributed by atoms with Crippen molar-refractivity contribution in [1.82, 2.24) is 15.5 Å². The summed E-state index contributed by atoms with van der Waals surface area (Å²) in [6, 6.07) is 6.32. The quantitative estimate of drug-likeness (QED) is 0.615. The van der Waals surface area contributed by atoms with E-state index < -0.39 is 0 Å². The predicted molar refractivity (Wildman–Crippen MR) is 82.5 cm³/mol. The van der Waals surface area contributed by atoms with Crippen molar-refractivity contribution in [3.8, 4) is 0 Å². The zero-order chi connectivity index (χ0) is 15.7. The van der Waals surface area contributed by atoms with Crippen LogP contribution in [0.5, 0.6) is 0 Å². The first kappa shape index (κ1) is 16.9. The normalized spacial score (nSPS) is 11.1. The van der Waals surface area contributed by atoms with Gasteiger partial charge in [-0.2, -0.15) is 0 Å². The molecule has 116 valence electrons. The molecule has 21 heavy (non-hydrogen) atoms. The van der Waals surface area contributed by atoms with E-state index in [0.717, 1.165) is 18.5 Å². The van der Waals surface area contributed by atoms with Crippen LogP contribution in [0.25, 0.3) is 0 Å². The summed E-state index contributed by atoms with van der Waals surface area (Å²) in [5.41, 5.74) is 0.784. The number of rotatable bonds is 6. The van der Waals surface area contributed by atoms with Gasteiger partial charge in [0.2, 0.25) is 5.91 Å². The Morgan fingerprint density at radius 2 is 2.10 bits per heavy atom. The van der Waals surface area contributed by atoms with Crippen LogP contribution in [0.1, 0.15) is 18.9 Å². The first-order chi connectivity index (χ1) is 10.0. The monoisotopic (exact) mass is 294 g/mol. The molecule has 0 unspecified atom stereocenters. The number of carbonyl (C=O) groups is 1. The molecule has 0 saturated heterocycles. The lowest BCUT2D eigenvalue weighted by molar-refractivity contribution is -0.127. The molecule has 1 aromatic rings. The highest BCUT2D eigenvalue weighted by Crippen LogP contribution is 2.04. The van der Waals surface area contributed by atoms with Gasteiger partial charge in [0.15, 0.2) is 5.96 Å². The molecule has 1 amide bonds. The van der Waals surface area contributed by atoms with Crippen molar-refractivity contribution in [2.45, 2.75) is 19.9 Å². The highest BCUT2D eigenvalue weighted by molar-refractivity contribution is 5.86. The van der Waals surface area contributed by atoms with Gasteiger partial charge in [0.25, 0.3) is 0 Å². The minimum absolute atomic E-state index is 0.0354. The van der Waals surface area contributed by atoms with Gasteiger partial charge in [-0.25, -0.2) is 9.38 Å². The molecule has 6 heteroatoms. The molecule has 0 aromatic heterocycles. The third-order valence-electron chi connectivity index (χ3n) is 2.76. The number of hydrogen-bond acceptors (Lipinski definition) is 2. The van der Waals surface area contributed by atoms with E-state index in [1.807, 2.05) is 13.0 Å². The Hall–Kier alpha value is -2.11. The van der Waals surface area contributed by atoms with Crippen molar-refractivity contribution in [3.63, 3.8) is 0 Å². The molecule has 1 rings (SSSR count). The van der Waals surface area contributed by atoms with E-state index in [-0.39, 0.29) is 18.3 Å². The van der Waals surface area contributed by atoms with Crippen molar-refractivity contribution in [1.29, 1.82) is 0 Å². The number of nitrogens with zero attached hydrogens (tertiary/aromatic N) is 2. The molecule has 0 saturated carbocycles. The average Bonchev–Trinajstić information content (AvgIpc) is 2.46. The molecular weight excluding hydrogens is 271 g/mol. The van der Waals surface area contributed by atoms with Gasteiger partial charge in [0, 0.05) is 20.6 Å². The van der Waals surface area contributed by atoms with E-state index in [2.05, 4.69) is 15.6 Å². The van der Waals surface area contributed by atoms with Gasteiger partial charge in [-0.15, -0.1) is 0 Å². The van der Waals surface area contributed by atoms with Crippen molar-refractivity contribution in [3.05, 3.63) is 35.6 Å². The zero-order valence-electron chi connectivity index (χ0n) is 12.8. The molecule has 1 aromatic carbocycles. The molecule has 0 bridgehead atoms. The Morgan fingerprint density at radius 1 is 1.33 bits per heavy atom. The Bertz CT molecular complexity index is 488. The summed E-state index contributed by atoms with van der Waals surface area (Å²) in [4.78, 5) is 17.4. The fourth-order valence-electron chi connectivity index (χ4n) is 1.54. The molecule has 0 radical (unpaired) electrons. The van der Waals surface area contributed by atoms with Crippen LogP contribution in [0.15, 0.2) is 29.3 Å². The second-order valence-corrected chi connectivity index (χ2v) is 4.86. The van der Waals surface area contributed by atoms with Crippen molar-refractivity contribution >= 4 is 11.9 Å². The highest BCUT2D eigenvalue weighted by Gasteiger charge is 2.05.